The predicted molar refractivity (Wildman–Crippen MR) is 81.7 cm³/mol. The number of nitrogens with zero attached hydrogens (tertiary/aromatic N) is 1. The number of aryl methyl sites for hydroxylation is 1. The highest BCUT2D eigenvalue weighted by atomic mass is 15.2. The molecule has 1 rings (SSSR count). The van der Waals surface area contributed by atoms with Crippen LogP contribution in [0.25, 0.3) is 0 Å². The van der Waals surface area contributed by atoms with E-state index in [1.165, 1.54) is 44.1 Å². The number of rotatable bonds is 10. The molecule has 0 saturated heterocycles. The average Bonchev–Trinajstić information content (AvgIpc) is 2.47. The van der Waals surface area contributed by atoms with E-state index in [-0.39, 0.29) is 6.04 Å². The van der Waals surface area contributed by atoms with Gasteiger partial charge in [0.05, 0.1) is 11.7 Å². The lowest BCUT2D eigenvalue weighted by atomic mass is 9.99. The van der Waals surface area contributed by atoms with Crippen molar-refractivity contribution in [3.05, 3.63) is 29.6 Å². The van der Waals surface area contributed by atoms with Crippen LogP contribution in [0.5, 0.6) is 0 Å². The molecule has 1 aromatic rings. The molecule has 3 N–H and O–H groups in total. The van der Waals surface area contributed by atoms with Crippen molar-refractivity contribution >= 4 is 0 Å². The Kier molecular flexibility index (Phi) is 8.43. The third kappa shape index (κ3) is 5.70. The topological polar surface area (TPSA) is 50.9 Å². The predicted octanol–water partition coefficient (Wildman–Crippen LogP) is 3.90. The molecular weight excluding hydrogens is 234 g/mol. The van der Waals surface area contributed by atoms with E-state index in [0.29, 0.717) is 0 Å². The van der Waals surface area contributed by atoms with Crippen LogP contribution in [-0.4, -0.2) is 4.98 Å². The number of hydrogen-bond donors (Lipinski definition) is 2. The van der Waals surface area contributed by atoms with E-state index in [1.54, 1.807) is 0 Å². The van der Waals surface area contributed by atoms with Crippen LogP contribution in [0.4, 0.5) is 0 Å². The molecular formula is C16H29N3. The molecule has 19 heavy (non-hydrogen) atoms. The third-order valence-corrected chi connectivity index (χ3v) is 3.68. The molecule has 0 amide bonds. The van der Waals surface area contributed by atoms with Crippen LogP contribution in [0, 0.1) is 0 Å². The lowest BCUT2D eigenvalue weighted by Crippen LogP contribution is -2.29. The van der Waals surface area contributed by atoms with Crippen molar-refractivity contribution in [3.63, 3.8) is 0 Å². The zero-order chi connectivity index (χ0) is 13.9. The number of unbranched alkanes of at least 4 members (excludes halogenated alkanes) is 5. The lowest BCUT2D eigenvalue weighted by Gasteiger charge is -2.18. The Morgan fingerprint density at radius 1 is 1.16 bits per heavy atom. The smallest absolute Gasteiger partial charge is 0.0635 e. The van der Waals surface area contributed by atoms with Gasteiger partial charge in [-0.1, -0.05) is 58.4 Å². The number of nitrogens with one attached hydrogen (secondary N) is 1. The van der Waals surface area contributed by atoms with Gasteiger partial charge >= 0.3 is 0 Å². The second-order valence-electron chi connectivity index (χ2n) is 5.18. The quantitative estimate of drug-likeness (QED) is 0.382. The standard InChI is InChI=1S/C16H29N3/c1-3-5-6-7-8-9-12-15(19-17)16-14(4-2)11-10-13-18-16/h10-11,13,15,19H,3-9,12,17H2,1-2H3. The van der Waals surface area contributed by atoms with Gasteiger partial charge in [-0.15, -0.1) is 0 Å². The third-order valence-electron chi connectivity index (χ3n) is 3.68. The lowest BCUT2D eigenvalue weighted by molar-refractivity contribution is 0.465. The zero-order valence-electron chi connectivity index (χ0n) is 12.5. The molecule has 0 aliphatic heterocycles. The molecule has 108 valence electrons. The van der Waals surface area contributed by atoms with E-state index in [9.17, 15) is 0 Å². The first-order valence-electron chi connectivity index (χ1n) is 7.73. The summed E-state index contributed by atoms with van der Waals surface area (Å²) >= 11 is 0. The molecule has 3 heteroatoms. The fourth-order valence-corrected chi connectivity index (χ4v) is 2.49. The largest absolute Gasteiger partial charge is 0.271 e. The minimum absolute atomic E-state index is 0.197. The molecule has 0 aliphatic carbocycles. The summed E-state index contributed by atoms with van der Waals surface area (Å²) in [6.45, 7) is 4.42. The summed E-state index contributed by atoms with van der Waals surface area (Å²) in [5.41, 5.74) is 5.36. The summed E-state index contributed by atoms with van der Waals surface area (Å²) in [7, 11) is 0. The van der Waals surface area contributed by atoms with Gasteiger partial charge < -0.3 is 0 Å². The molecule has 0 aliphatic rings. The van der Waals surface area contributed by atoms with E-state index in [2.05, 4.69) is 30.3 Å². The van der Waals surface area contributed by atoms with Gasteiger partial charge in [0.2, 0.25) is 0 Å². The van der Waals surface area contributed by atoms with Crippen LogP contribution >= 0.6 is 0 Å². The van der Waals surface area contributed by atoms with Crippen molar-refractivity contribution in [2.24, 2.45) is 5.84 Å². The van der Waals surface area contributed by atoms with Crippen molar-refractivity contribution in [1.82, 2.24) is 10.4 Å². The minimum Gasteiger partial charge on any atom is -0.271 e. The van der Waals surface area contributed by atoms with Crippen molar-refractivity contribution < 1.29 is 0 Å². The van der Waals surface area contributed by atoms with E-state index in [1.807, 2.05) is 12.3 Å². The molecule has 0 saturated carbocycles. The summed E-state index contributed by atoms with van der Waals surface area (Å²) < 4.78 is 0. The fourth-order valence-electron chi connectivity index (χ4n) is 2.49. The molecule has 1 heterocycles. The highest BCUT2D eigenvalue weighted by Crippen LogP contribution is 2.21. The fraction of sp³-hybridized carbons (Fsp3) is 0.688. The SMILES string of the molecule is CCCCCCCCC(NN)c1ncccc1CC. The maximum Gasteiger partial charge on any atom is 0.0635 e. The number of hydrogen-bond acceptors (Lipinski definition) is 3. The molecule has 0 spiro atoms. The molecule has 3 nitrogen and oxygen atoms in total. The summed E-state index contributed by atoms with van der Waals surface area (Å²) in [5, 5.41) is 0. The summed E-state index contributed by atoms with van der Waals surface area (Å²) in [5.74, 6) is 5.70. The number of aromatic nitrogens is 1. The molecule has 1 atom stereocenters. The number of hydrazine groups is 1. The van der Waals surface area contributed by atoms with Gasteiger partial charge in [-0.3, -0.25) is 16.3 Å². The molecule has 0 aromatic carbocycles. The van der Waals surface area contributed by atoms with E-state index in [4.69, 9.17) is 5.84 Å². The van der Waals surface area contributed by atoms with Gasteiger partial charge in [0.25, 0.3) is 0 Å². The first-order chi connectivity index (χ1) is 9.33. The van der Waals surface area contributed by atoms with Crippen LogP contribution in [0.1, 0.15) is 76.1 Å². The molecule has 1 aromatic heterocycles. The zero-order valence-corrected chi connectivity index (χ0v) is 12.5. The highest BCUT2D eigenvalue weighted by molar-refractivity contribution is 5.22. The van der Waals surface area contributed by atoms with Crippen molar-refractivity contribution in [2.45, 2.75) is 71.3 Å². The van der Waals surface area contributed by atoms with Gasteiger partial charge in [0.1, 0.15) is 0 Å². The Labute approximate surface area is 118 Å². The van der Waals surface area contributed by atoms with Gasteiger partial charge in [0.15, 0.2) is 0 Å². The maximum atomic E-state index is 5.70. The second kappa shape index (κ2) is 9.93. The summed E-state index contributed by atoms with van der Waals surface area (Å²) in [4.78, 5) is 4.51. The molecule has 0 radical (unpaired) electrons. The van der Waals surface area contributed by atoms with E-state index < -0.39 is 0 Å². The Bertz CT molecular complexity index is 339. The van der Waals surface area contributed by atoms with Crippen LogP contribution in [0.15, 0.2) is 18.3 Å². The Morgan fingerprint density at radius 2 is 1.89 bits per heavy atom. The first kappa shape index (κ1) is 16.1. The van der Waals surface area contributed by atoms with Crippen LogP contribution in [0.3, 0.4) is 0 Å². The van der Waals surface area contributed by atoms with Gasteiger partial charge in [-0.25, -0.2) is 0 Å². The van der Waals surface area contributed by atoms with E-state index >= 15 is 0 Å². The summed E-state index contributed by atoms with van der Waals surface area (Å²) in [6, 6.07) is 4.34. The van der Waals surface area contributed by atoms with Crippen molar-refractivity contribution in [3.8, 4) is 0 Å². The average molecular weight is 263 g/mol. The van der Waals surface area contributed by atoms with Gasteiger partial charge in [-0.2, -0.15) is 0 Å². The minimum atomic E-state index is 0.197. The van der Waals surface area contributed by atoms with E-state index in [0.717, 1.165) is 18.5 Å². The Morgan fingerprint density at radius 3 is 2.58 bits per heavy atom. The number of nitrogens with two attached hydrogens (primary N) is 1. The summed E-state index contributed by atoms with van der Waals surface area (Å²) in [6.07, 6.45) is 11.8. The molecule has 0 fully saturated rings. The Hall–Kier alpha value is -0.930. The van der Waals surface area contributed by atoms with Crippen LogP contribution in [0.2, 0.25) is 0 Å². The van der Waals surface area contributed by atoms with Gasteiger partial charge in [0, 0.05) is 6.20 Å². The highest BCUT2D eigenvalue weighted by Gasteiger charge is 2.13. The Balaban J connectivity index is 2.40. The number of pyridine rings is 1. The molecule has 0 bridgehead atoms. The first-order valence-corrected chi connectivity index (χ1v) is 7.73. The van der Waals surface area contributed by atoms with Crippen LogP contribution in [-0.2, 0) is 6.42 Å². The second-order valence-corrected chi connectivity index (χ2v) is 5.18. The normalized spacial score (nSPS) is 12.6. The van der Waals surface area contributed by atoms with Crippen LogP contribution < -0.4 is 11.3 Å². The monoisotopic (exact) mass is 263 g/mol. The van der Waals surface area contributed by atoms with Gasteiger partial charge in [-0.05, 0) is 24.5 Å². The van der Waals surface area contributed by atoms with Crippen molar-refractivity contribution in [1.29, 1.82) is 0 Å². The maximum absolute atomic E-state index is 5.70. The molecule has 1 unspecified atom stereocenters. The van der Waals surface area contributed by atoms with Crippen molar-refractivity contribution in [2.75, 3.05) is 0 Å².